The molecule has 1 amide bonds. The van der Waals surface area contributed by atoms with Crippen LogP contribution in [0.2, 0.25) is 0 Å². The zero-order chi connectivity index (χ0) is 19.7. The molecule has 0 unspecified atom stereocenters. The Hall–Kier alpha value is -2.84. The Balaban J connectivity index is 0.00000210. The monoisotopic (exact) mass is 441 g/mol. The fourth-order valence-corrected chi connectivity index (χ4v) is 2.97. The lowest BCUT2D eigenvalue weighted by Gasteiger charge is -2.27. The Morgan fingerprint density at radius 3 is 2.55 bits per heavy atom. The number of rotatable bonds is 4. The SMILES string of the molecule is Cc1nc(-c2cnn(C)c2N(C(=O)O)[C@H](C)c2cccc(F)c2)ccc1N.Cl.Cl. The number of carboxylic acid groups (broad SMARTS) is 1. The van der Waals surface area contributed by atoms with Gasteiger partial charge in [-0.15, -0.1) is 24.8 Å². The fraction of sp³-hybridized carbons (Fsp3) is 0.211. The number of aromatic nitrogens is 3. The second kappa shape index (κ2) is 9.58. The third-order valence-corrected chi connectivity index (χ3v) is 4.46. The molecular weight excluding hydrogens is 420 g/mol. The van der Waals surface area contributed by atoms with Crippen LogP contribution in [0, 0.1) is 12.7 Å². The molecule has 0 radical (unpaired) electrons. The summed E-state index contributed by atoms with van der Waals surface area (Å²) in [5.74, 6) is -0.0818. The average molecular weight is 442 g/mol. The lowest BCUT2D eigenvalue weighted by Crippen LogP contribution is -2.34. The van der Waals surface area contributed by atoms with E-state index in [2.05, 4.69) is 10.1 Å². The minimum atomic E-state index is -1.18. The van der Waals surface area contributed by atoms with Crippen LogP contribution in [-0.4, -0.2) is 26.0 Å². The first-order valence-electron chi connectivity index (χ1n) is 8.32. The molecule has 1 aromatic carbocycles. The Labute approximate surface area is 180 Å². The number of carbonyl (C=O) groups is 1. The lowest BCUT2D eigenvalue weighted by atomic mass is 10.1. The van der Waals surface area contributed by atoms with Crippen LogP contribution in [0.3, 0.4) is 0 Å². The third-order valence-electron chi connectivity index (χ3n) is 4.46. The van der Waals surface area contributed by atoms with Crippen molar-refractivity contribution in [2.75, 3.05) is 10.6 Å². The molecule has 29 heavy (non-hydrogen) atoms. The highest BCUT2D eigenvalue weighted by atomic mass is 35.5. The normalized spacial score (nSPS) is 11.2. The summed E-state index contributed by atoms with van der Waals surface area (Å²) in [5.41, 5.74) is 8.66. The minimum Gasteiger partial charge on any atom is -0.465 e. The number of amides is 1. The Morgan fingerprint density at radius 1 is 1.28 bits per heavy atom. The Morgan fingerprint density at radius 2 is 1.97 bits per heavy atom. The topological polar surface area (TPSA) is 97.3 Å². The smallest absolute Gasteiger partial charge is 0.413 e. The fourth-order valence-electron chi connectivity index (χ4n) is 2.97. The van der Waals surface area contributed by atoms with Gasteiger partial charge in [-0.3, -0.25) is 14.6 Å². The summed E-state index contributed by atoms with van der Waals surface area (Å²) in [6, 6.07) is 8.68. The van der Waals surface area contributed by atoms with Crippen molar-refractivity contribution in [2.24, 2.45) is 7.05 Å². The number of hydrogen-bond acceptors (Lipinski definition) is 4. The van der Waals surface area contributed by atoms with Gasteiger partial charge < -0.3 is 10.8 Å². The van der Waals surface area contributed by atoms with Crippen LogP contribution in [0.5, 0.6) is 0 Å². The molecule has 1 atom stereocenters. The summed E-state index contributed by atoms with van der Waals surface area (Å²) in [6.07, 6.45) is 0.380. The van der Waals surface area contributed by atoms with E-state index in [1.54, 1.807) is 51.4 Å². The van der Waals surface area contributed by atoms with Gasteiger partial charge in [0.2, 0.25) is 0 Å². The number of anilines is 2. The predicted molar refractivity (Wildman–Crippen MR) is 115 cm³/mol. The van der Waals surface area contributed by atoms with E-state index in [0.717, 1.165) is 4.90 Å². The van der Waals surface area contributed by atoms with E-state index in [1.165, 1.54) is 16.8 Å². The molecule has 0 bridgehead atoms. The van der Waals surface area contributed by atoms with Gasteiger partial charge in [-0.2, -0.15) is 5.10 Å². The maximum absolute atomic E-state index is 13.6. The zero-order valence-electron chi connectivity index (χ0n) is 16.0. The van der Waals surface area contributed by atoms with Gasteiger partial charge in [-0.1, -0.05) is 12.1 Å². The van der Waals surface area contributed by atoms with Crippen LogP contribution in [0.15, 0.2) is 42.6 Å². The maximum Gasteiger partial charge on any atom is 0.413 e. The van der Waals surface area contributed by atoms with Crippen molar-refractivity contribution in [1.82, 2.24) is 14.8 Å². The largest absolute Gasteiger partial charge is 0.465 e. The lowest BCUT2D eigenvalue weighted by molar-refractivity contribution is 0.199. The first kappa shape index (κ1) is 24.2. The molecule has 7 nitrogen and oxygen atoms in total. The van der Waals surface area contributed by atoms with E-state index < -0.39 is 18.0 Å². The van der Waals surface area contributed by atoms with Crippen molar-refractivity contribution < 1.29 is 14.3 Å². The number of pyridine rings is 1. The summed E-state index contributed by atoms with van der Waals surface area (Å²) in [6.45, 7) is 3.47. The van der Waals surface area contributed by atoms with Crippen molar-refractivity contribution in [3.05, 3.63) is 59.7 Å². The number of halogens is 3. The maximum atomic E-state index is 13.6. The quantitative estimate of drug-likeness (QED) is 0.616. The predicted octanol–water partition coefficient (Wildman–Crippen LogP) is 4.60. The second-order valence-electron chi connectivity index (χ2n) is 6.26. The molecule has 0 aliphatic carbocycles. The van der Waals surface area contributed by atoms with E-state index in [-0.39, 0.29) is 24.8 Å². The number of aryl methyl sites for hydroxylation is 2. The van der Waals surface area contributed by atoms with Crippen LogP contribution < -0.4 is 10.6 Å². The molecule has 156 valence electrons. The molecular formula is C19H22Cl2FN5O2. The number of nitrogen functional groups attached to an aromatic ring is 1. The van der Waals surface area contributed by atoms with Crippen molar-refractivity contribution in [3.8, 4) is 11.3 Å². The number of nitrogens with zero attached hydrogens (tertiary/aromatic N) is 4. The van der Waals surface area contributed by atoms with Gasteiger partial charge >= 0.3 is 6.09 Å². The summed E-state index contributed by atoms with van der Waals surface area (Å²) >= 11 is 0. The Bertz CT molecular complexity index is 1010. The van der Waals surface area contributed by atoms with E-state index in [4.69, 9.17) is 5.73 Å². The highest BCUT2D eigenvalue weighted by molar-refractivity contribution is 5.91. The molecule has 2 aromatic heterocycles. The molecule has 0 fully saturated rings. The minimum absolute atomic E-state index is 0. The van der Waals surface area contributed by atoms with E-state index in [9.17, 15) is 14.3 Å². The summed E-state index contributed by atoms with van der Waals surface area (Å²) in [4.78, 5) is 17.7. The molecule has 0 spiro atoms. The third kappa shape index (κ3) is 4.78. The number of benzene rings is 1. The number of nitrogens with two attached hydrogens (primary N) is 1. The second-order valence-corrected chi connectivity index (χ2v) is 6.26. The van der Waals surface area contributed by atoms with Crippen molar-refractivity contribution >= 4 is 42.4 Å². The van der Waals surface area contributed by atoms with Crippen molar-refractivity contribution in [2.45, 2.75) is 19.9 Å². The highest BCUT2D eigenvalue weighted by Crippen LogP contribution is 2.35. The first-order chi connectivity index (χ1) is 12.8. The molecule has 0 aliphatic heterocycles. The van der Waals surface area contributed by atoms with Gasteiger partial charge in [0.1, 0.15) is 11.6 Å². The molecule has 0 saturated heterocycles. The summed E-state index contributed by atoms with van der Waals surface area (Å²) in [7, 11) is 1.65. The van der Waals surface area contributed by atoms with Crippen molar-refractivity contribution in [3.63, 3.8) is 0 Å². The summed E-state index contributed by atoms with van der Waals surface area (Å²) < 4.78 is 15.1. The molecule has 3 N–H and O–H groups in total. The van der Waals surface area contributed by atoms with Crippen LogP contribution in [0.4, 0.5) is 20.7 Å². The molecule has 10 heteroatoms. The average Bonchev–Trinajstić information content (AvgIpc) is 2.99. The van der Waals surface area contributed by atoms with Gasteiger partial charge in [-0.05, 0) is 43.7 Å². The van der Waals surface area contributed by atoms with Gasteiger partial charge in [-0.25, -0.2) is 9.18 Å². The van der Waals surface area contributed by atoms with E-state index in [0.29, 0.717) is 34.0 Å². The van der Waals surface area contributed by atoms with Gasteiger partial charge in [0.15, 0.2) is 0 Å². The first-order valence-corrected chi connectivity index (χ1v) is 8.32. The standard InChI is InChI=1S/C19H20FN5O2.2ClH/c1-11-16(21)7-8-17(23-11)15-10-22-24(3)18(15)25(19(26)27)12(2)13-5-4-6-14(20)9-13;;/h4-10,12H,21H2,1-3H3,(H,26,27);2*1H/t12-;;/m1../s1. The van der Waals surface area contributed by atoms with Crippen molar-refractivity contribution in [1.29, 1.82) is 0 Å². The van der Waals surface area contributed by atoms with Gasteiger partial charge in [0.05, 0.1) is 34.9 Å². The molecule has 0 aliphatic rings. The Kier molecular flexibility index (Phi) is 7.99. The highest BCUT2D eigenvalue weighted by Gasteiger charge is 2.29. The molecule has 0 saturated carbocycles. The zero-order valence-corrected chi connectivity index (χ0v) is 17.7. The van der Waals surface area contributed by atoms with Gasteiger partial charge in [0.25, 0.3) is 0 Å². The van der Waals surface area contributed by atoms with Crippen LogP contribution in [0.25, 0.3) is 11.3 Å². The van der Waals surface area contributed by atoms with E-state index >= 15 is 0 Å². The molecule has 3 aromatic rings. The van der Waals surface area contributed by atoms with Crippen LogP contribution in [-0.2, 0) is 7.05 Å². The van der Waals surface area contributed by atoms with Gasteiger partial charge in [0, 0.05) is 7.05 Å². The van der Waals surface area contributed by atoms with Crippen LogP contribution >= 0.6 is 24.8 Å². The van der Waals surface area contributed by atoms with E-state index in [1.807, 2.05) is 0 Å². The van der Waals surface area contributed by atoms with Crippen LogP contribution in [0.1, 0.15) is 24.2 Å². The summed E-state index contributed by atoms with van der Waals surface area (Å²) in [5, 5.41) is 14.1. The molecule has 3 rings (SSSR count). The number of hydrogen-bond donors (Lipinski definition) is 2. The molecule has 2 heterocycles.